The van der Waals surface area contributed by atoms with E-state index in [-0.39, 0.29) is 5.97 Å². The average molecular weight is 427 g/mol. The van der Waals surface area contributed by atoms with E-state index in [2.05, 4.69) is 10.2 Å². The minimum atomic E-state index is -0.389. The van der Waals surface area contributed by atoms with Crippen molar-refractivity contribution in [2.75, 3.05) is 25.7 Å². The molecule has 1 N–H and O–H groups in total. The molecule has 0 amide bonds. The monoisotopic (exact) mass is 426 g/mol. The minimum absolute atomic E-state index is 0.299. The number of hydrogen-bond acceptors (Lipinski definition) is 6. The van der Waals surface area contributed by atoms with Crippen molar-refractivity contribution in [1.29, 1.82) is 0 Å². The average Bonchev–Trinajstić information content (AvgIpc) is 3.14. The second kappa shape index (κ2) is 8.77. The van der Waals surface area contributed by atoms with E-state index in [4.69, 9.17) is 26.2 Å². The van der Waals surface area contributed by atoms with Gasteiger partial charge in [-0.05, 0) is 36.8 Å². The fraction of sp³-hybridized carbons (Fsp3) is 0.273. The third kappa shape index (κ3) is 4.13. The Kier molecular flexibility index (Phi) is 5.92. The maximum absolute atomic E-state index is 12.7. The normalized spacial score (nSPS) is 13.4. The fourth-order valence-corrected chi connectivity index (χ4v) is 3.60. The van der Waals surface area contributed by atoms with Gasteiger partial charge in [0.15, 0.2) is 0 Å². The van der Waals surface area contributed by atoms with E-state index in [1.807, 2.05) is 41.1 Å². The first-order chi connectivity index (χ1) is 14.6. The van der Waals surface area contributed by atoms with Gasteiger partial charge in [-0.15, -0.1) is 0 Å². The molecule has 2 aromatic carbocycles. The van der Waals surface area contributed by atoms with Gasteiger partial charge >= 0.3 is 5.97 Å². The summed E-state index contributed by atoms with van der Waals surface area (Å²) in [6, 6.07) is 15.3. The van der Waals surface area contributed by atoms with Crippen LogP contribution in [-0.2, 0) is 18.0 Å². The molecule has 1 aliphatic heterocycles. The molecule has 0 unspecified atom stereocenters. The van der Waals surface area contributed by atoms with E-state index >= 15 is 0 Å². The number of halogens is 1. The summed E-state index contributed by atoms with van der Waals surface area (Å²) in [5.74, 6) is 1.11. The number of methoxy groups -OCH3 is 1. The number of carbonyl (C=O) groups excluding carboxylic acids is 1. The van der Waals surface area contributed by atoms with Crippen molar-refractivity contribution in [2.45, 2.75) is 20.1 Å². The van der Waals surface area contributed by atoms with Crippen molar-refractivity contribution >= 4 is 23.4 Å². The Balaban J connectivity index is 1.62. The van der Waals surface area contributed by atoms with Crippen molar-refractivity contribution in [3.8, 4) is 17.0 Å². The van der Waals surface area contributed by atoms with Gasteiger partial charge in [-0.3, -0.25) is 4.90 Å². The Hall–Kier alpha value is -3.03. The third-order valence-corrected chi connectivity index (χ3v) is 5.17. The van der Waals surface area contributed by atoms with Crippen LogP contribution in [0.1, 0.15) is 22.8 Å². The van der Waals surface area contributed by atoms with Crippen LogP contribution in [0.3, 0.4) is 0 Å². The Labute approximate surface area is 180 Å². The molecule has 3 aromatic rings. The zero-order valence-electron chi connectivity index (χ0n) is 16.9. The quantitative estimate of drug-likeness (QED) is 0.595. The largest absolute Gasteiger partial charge is 0.497 e. The molecular formula is C22H23ClN4O3. The fourth-order valence-electron chi connectivity index (χ4n) is 3.47. The number of ether oxygens (including phenoxy) is 2. The zero-order valence-corrected chi connectivity index (χ0v) is 17.6. The lowest BCUT2D eigenvalue weighted by atomic mass is 10.1. The van der Waals surface area contributed by atoms with Crippen LogP contribution in [0.4, 0.5) is 5.82 Å². The molecule has 4 rings (SSSR count). The molecule has 1 aromatic heterocycles. The van der Waals surface area contributed by atoms with E-state index < -0.39 is 0 Å². The van der Waals surface area contributed by atoms with Crippen LogP contribution in [0.25, 0.3) is 11.3 Å². The van der Waals surface area contributed by atoms with Gasteiger partial charge in [0.1, 0.15) is 22.8 Å². The molecular weight excluding hydrogens is 404 g/mol. The van der Waals surface area contributed by atoms with E-state index in [9.17, 15) is 4.79 Å². The summed E-state index contributed by atoms with van der Waals surface area (Å²) in [5, 5.41) is 8.69. The standard InChI is InChI=1S/C22H23ClN4O3/c1-3-30-22(28)19-20(16-6-8-17(23)9-7-16)25-27-14-26(13-24-21(19)27)12-15-4-10-18(29-2)11-5-15/h4-11,24H,3,12-14H2,1-2H3. The first kappa shape index (κ1) is 20.3. The first-order valence-electron chi connectivity index (χ1n) is 9.72. The van der Waals surface area contributed by atoms with Gasteiger partial charge < -0.3 is 14.8 Å². The highest BCUT2D eigenvalue weighted by atomic mass is 35.5. The van der Waals surface area contributed by atoms with Crippen molar-refractivity contribution in [3.63, 3.8) is 0 Å². The van der Waals surface area contributed by atoms with Gasteiger partial charge in [-0.25, -0.2) is 9.48 Å². The molecule has 7 nitrogen and oxygen atoms in total. The van der Waals surface area contributed by atoms with E-state index in [0.717, 1.165) is 23.4 Å². The highest BCUT2D eigenvalue weighted by Crippen LogP contribution is 2.32. The summed E-state index contributed by atoms with van der Waals surface area (Å²) in [5.41, 5.74) is 3.01. The second-order valence-corrected chi connectivity index (χ2v) is 7.39. The molecule has 1 aliphatic rings. The maximum Gasteiger partial charge on any atom is 0.344 e. The summed E-state index contributed by atoms with van der Waals surface area (Å²) in [6.45, 7) is 3.97. The topological polar surface area (TPSA) is 68.6 Å². The molecule has 2 heterocycles. The maximum atomic E-state index is 12.7. The molecule has 156 valence electrons. The van der Waals surface area contributed by atoms with Gasteiger partial charge in [-0.1, -0.05) is 35.9 Å². The number of rotatable bonds is 6. The lowest BCUT2D eigenvalue weighted by molar-refractivity contribution is 0.0527. The number of carbonyl (C=O) groups is 1. The number of fused-ring (bicyclic) bond motifs is 1. The second-order valence-electron chi connectivity index (χ2n) is 6.95. The van der Waals surface area contributed by atoms with Crippen molar-refractivity contribution in [3.05, 3.63) is 64.7 Å². The van der Waals surface area contributed by atoms with Crippen LogP contribution in [0.15, 0.2) is 48.5 Å². The summed E-state index contributed by atoms with van der Waals surface area (Å²) >= 11 is 6.02. The third-order valence-electron chi connectivity index (χ3n) is 4.92. The summed E-state index contributed by atoms with van der Waals surface area (Å²) in [4.78, 5) is 14.9. The molecule has 0 fully saturated rings. The lowest BCUT2D eigenvalue weighted by Crippen LogP contribution is -2.37. The number of aromatic nitrogens is 2. The highest BCUT2D eigenvalue weighted by Gasteiger charge is 2.29. The van der Waals surface area contributed by atoms with Crippen LogP contribution in [0.2, 0.25) is 5.02 Å². The summed E-state index contributed by atoms with van der Waals surface area (Å²) < 4.78 is 12.3. The molecule has 0 aliphatic carbocycles. The van der Waals surface area contributed by atoms with E-state index in [1.165, 1.54) is 0 Å². The van der Waals surface area contributed by atoms with Crippen molar-refractivity contribution in [2.24, 2.45) is 0 Å². The Morgan fingerprint density at radius 3 is 2.57 bits per heavy atom. The van der Waals surface area contributed by atoms with Gasteiger partial charge in [0.05, 0.1) is 27.1 Å². The molecule has 0 saturated heterocycles. The number of nitrogens with one attached hydrogen (secondary N) is 1. The molecule has 0 radical (unpaired) electrons. The van der Waals surface area contributed by atoms with Crippen LogP contribution >= 0.6 is 11.6 Å². The molecule has 30 heavy (non-hydrogen) atoms. The molecule has 0 saturated carbocycles. The van der Waals surface area contributed by atoms with Gasteiger partial charge in [0, 0.05) is 17.1 Å². The van der Waals surface area contributed by atoms with Crippen LogP contribution in [0, 0.1) is 0 Å². The van der Waals surface area contributed by atoms with Crippen LogP contribution in [-0.4, -0.2) is 41.0 Å². The Morgan fingerprint density at radius 1 is 1.17 bits per heavy atom. The Bertz CT molecular complexity index is 1030. The lowest BCUT2D eigenvalue weighted by Gasteiger charge is -2.29. The predicted molar refractivity (Wildman–Crippen MR) is 116 cm³/mol. The van der Waals surface area contributed by atoms with Gasteiger partial charge in [0.25, 0.3) is 0 Å². The van der Waals surface area contributed by atoms with Crippen molar-refractivity contribution in [1.82, 2.24) is 14.7 Å². The van der Waals surface area contributed by atoms with Crippen molar-refractivity contribution < 1.29 is 14.3 Å². The molecule has 8 heteroatoms. The molecule has 0 spiro atoms. The minimum Gasteiger partial charge on any atom is -0.497 e. The van der Waals surface area contributed by atoms with Crippen LogP contribution in [0.5, 0.6) is 5.75 Å². The number of hydrogen-bond donors (Lipinski definition) is 1. The number of benzene rings is 2. The molecule has 0 bridgehead atoms. The Morgan fingerprint density at radius 2 is 1.90 bits per heavy atom. The van der Waals surface area contributed by atoms with Gasteiger partial charge in [-0.2, -0.15) is 5.10 Å². The SMILES string of the molecule is CCOC(=O)c1c(-c2ccc(Cl)cc2)nn2c1NCN(Cc1ccc(OC)cc1)C2. The zero-order chi connectivity index (χ0) is 21.1. The smallest absolute Gasteiger partial charge is 0.344 e. The highest BCUT2D eigenvalue weighted by molar-refractivity contribution is 6.30. The summed E-state index contributed by atoms with van der Waals surface area (Å²) in [7, 11) is 1.65. The number of nitrogens with zero attached hydrogens (tertiary/aromatic N) is 3. The van der Waals surface area contributed by atoms with E-state index in [0.29, 0.717) is 42.0 Å². The number of esters is 1. The molecule has 0 atom stereocenters. The van der Waals surface area contributed by atoms with Crippen LogP contribution < -0.4 is 10.1 Å². The first-order valence-corrected chi connectivity index (χ1v) is 10.1. The number of anilines is 1. The predicted octanol–water partition coefficient (Wildman–Crippen LogP) is 4.23. The van der Waals surface area contributed by atoms with E-state index in [1.54, 1.807) is 26.2 Å². The summed E-state index contributed by atoms with van der Waals surface area (Å²) in [6.07, 6.45) is 0. The van der Waals surface area contributed by atoms with Gasteiger partial charge in [0.2, 0.25) is 0 Å².